The first kappa shape index (κ1) is 21.2. The molecule has 2 unspecified atom stereocenters. The number of aromatic nitrogens is 3. The SMILES string of the molecule is CC(NC(=O)c1ccc2c(c1)nc(Nc1nc3ccc(Cl)cc3s1)n2C)C1CCCCN1. The third-order valence-corrected chi connectivity index (χ3v) is 7.19. The van der Waals surface area contributed by atoms with Crippen LogP contribution in [0.4, 0.5) is 11.1 Å². The number of anilines is 2. The number of amides is 1. The van der Waals surface area contributed by atoms with Gasteiger partial charge >= 0.3 is 0 Å². The number of carbonyl (C=O) groups is 1. The predicted molar refractivity (Wildman–Crippen MR) is 131 cm³/mol. The molecule has 0 bridgehead atoms. The number of rotatable bonds is 5. The third-order valence-electron chi connectivity index (χ3n) is 6.02. The number of imidazole rings is 1. The molecule has 2 aromatic heterocycles. The first-order chi connectivity index (χ1) is 15.5. The largest absolute Gasteiger partial charge is 0.348 e. The number of benzene rings is 2. The van der Waals surface area contributed by atoms with Gasteiger partial charge in [-0.2, -0.15) is 0 Å². The second-order valence-corrected chi connectivity index (χ2v) is 9.74. The molecule has 32 heavy (non-hydrogen) atoms. The van der Waals surface area contributed by atoms with Gasteiger partial charge in [-0.3, -0.25) is 4.79 Å². The van der Waals surface area contributed by atoms with E-state index in [9.17, 15) is 4.79 Å². The third kappa shape index (κ3) is 4.18. The van der Waals surface area contributed by atoms with Gasteiger partial charge in [0.05, 0.1) is 21.3 Å². The molecule has 9 heteroatoms. The molecule has 2 atom stereocenters. The van der Waals surface area contributed by atoms with Gasteiger partial charge in [-0.05, 0) is 62.7 Å². The zero-order valence-electron chi connectivity index (χ0n) is 18.0. The monoisotopic (exact) mass is 468 g/mol. The lowest BCUT2D eigenvalue weighted by Crippen LogP contribution is -2.50. The lowest BCUT2D eigenvalue weighted by Gasteiger charge is -2.29. The van der Waals surface area contributed by atoms with E-state index in [0.717, 1.165) is 39.3 Å². The topological polar surface area (TPSA) is 83.9 Å². The molecule has 7 nitrogen and oxygen atoms in total. The van der Waals surface area contributed by atoms with Crippen molar-refractivity contribution in [1.82, 2.24) is 25.2 Å². The van der Waals surface area contributed by atoms with Crippen LogP contribution in [0.1, 0.15) is 36.5 Å². The van der Waals surface area contributed by atoms with E-state index < -0.39 is 0 Å². The van der Waals surface area contributed by atoms with Crippen LogP contribution in [0.3, 0.4) is 0 Å². The highest BCUT2D eigenvalue weighted by molar-refractivity contribution is 7.22. The molecule has 166 valence electrons. The quantitative estimate of drug-likeness (QED) is 0.390. The van der Waals surface area contributed by atoms with Gasteiger partial charge in [-0.25, -0.2) is 9.97 Å². The maximum absolute atomic E-state index is 12.8. The van der Waals surface area contributed by atoms with Crippen molar-refractivity contribution in [2.75, 3.05) is 11.9 Å². The number of hydrogen-bond donors (Lipinski definition) is 3. The molecule has 0 saturated carbocycles. The Morgan fingerprint density at radius 3 is 2.91 bits per heavy atom. The second kappa shape index (κ2) is 8.69. The smallest absolute Gasteiger partial charge is 0.251 e. The molecule has 0 radical (unpaired) electrons. The van der Waals surface area contributed by atoms with Crippen molar-refractivity contribution in [2.24, 2.45) is 7.05 Å². The summed E-state index contributed by atoms with van der Waals surface area (Å²) in [7, 11) is 1.94. The Labute approximate surface area is 195 Å². The summed E-state index contributed by atoms with van der Waals surface area (Å²) >= 11 is 7.61. The van der Waals surface area contributed by atoms with Gasteiger partial charge in [0.15, 0.2) is 5.13 Å². The Balaban J connectivity index is 1.35. The highest BCUT2D eigenvalue weighted by Gasteiger charge is 2.22. The lowest BCUT2D eigenvalue weighted by atomic mass is 9.99. The summed E-state index contributed by atoms with van der Waals surface area (Å²) in [5.74, 6) is 0.595. The van der Waals surface area contributed by atoms with Gasteiger partial charge in [0.25, 0.3) is 5.91 Å². The van der Waals surface area contributed by atoms with Crippen LogP contribution < -0.4 is 16.0 Å². The number of piperidine rings is 1. The van der Waals surface area contributed by atoms with Crippen molar-refractivity contribution in [2.45, 2.75) is 38.3 Å². The van der Waals surface area contributed by atoms with Crippen LogP contribution in [0, 0.1) is 0 Å². The van der Waals surface area contributed by atoms with Crippen molar-refractivity contribution < 1.29 is 4.79 Å². The first-order valence-corrected chi connectivity index (χ1v) is 12.0. The summed E-state index contributed by atoms with van der Waals surface area (Å²) in [6.45, 7) is 3.08. The molecule has 5 rings (SSSR count). The Kier molecular flexibility index (Phi) is 5.75. The summed E-state index contributed by atoms with van der Waals surface area (Å²) in [5.41, 5.74) is 3.20. The fraction of sp³-hybridized carbons (Fsp3) is 0.348. The van der Waals surface area contributed by atoms with Crippen molar-refractivity contribution in [3.05, 3.63) is 47.0 Å². The molecule has 1 amide bonds. The minimum absolute atomic E-state index is 0.0741. The lowest BCUT2D eigenvalue weighted by molar-refractivity contribution is 0.0928. The Hall–Kier alpha value is -2.68. The number of hydrogen-bond acceptors (Lipinski definition) is 6. The maximum Gasteiger partial charge on any atom is 0.251 e. The van der Waals surface area contributed by atoms with E-state index in [4.69, 9.17) is 16.6 Å². The highest BCUT2D eigenvalue weighted by atomic mass is 35.5. The number of nitrogens with zero attached hydrogens (tertiary/aromatic N) is 3. The van der Waals surface area contributed by atoms with E-state index >= 15 is 0 Å². The Morgan fingerprint density at radius 1 is 1.22 bits per heavy atom. The molecule has 0 aliphatic carbocycles. The predicted octanol–water partition coefficient (Wildman–Crippen LogP) is 4.84. The number of aryl methyl sites for hydroxylation is 1. The normalized spacial score (nSPS) is 17.5. The fourth-order valence-corrected chi connectivity index (χ4v) is 5.33. The van der Waals surface area contributed by atoms with E-state index in [1.807, 2.05) is 48.0 Å². The van der Waals surface area contributed by atoms with E-state index in [-0.39, 0.29) is 11.9 Å². The van der Waals surface area contributed by atoms with Crippen LogP contribution in [0.25, 0.3) is 21.3 Å². The zero-order valence-corrected chi connectivity index (χ0v) is 19.6. The molecular formula is C23H25ClN6OS. The van der Waals surface area contributed by atoms with Crippen molar-refractivity contribution >= 4 is 61.2 Å². The van der Waals surface area contributed by atoms with Crippen molar-refractivity contribution in [3.63, 3.8) is 0 Å². The van der Waals surface area contributed by atoms with Gasteiger partial charge in [0, 0.05) is 29.7 Å². The zero-order chi connectivity index (χ0) is 22.2. The maximum atomic E-state index is 12.8. The number of thiazole rings is 1. The second-order valence-electron chi connectivity index (χ2n) is 8.27. The van der Waals surface area contributed by atoms with E-state index in [1.165, 1.54) is 24.2 Å². The van der Waals surface area contributed by atoms with Gasteiger partial charge in [0.1, 0.15) is 0 Å². The van der Waals surface area contributed by atoms with Gasteiger partial charge in [-0.15, -0.1) is 0 Å². The van der Waals surface area contributed by atoms with Crippen LogP contribution in [0.5, 0.6) is 0 Å². The van der Waals surface area contributed by atoms with Gasteiger partial charge in [-0.1, -0.05) is 29.4 Å². The molecule has 2 aromatic carbocycles. The summed E-state index contributed by atoms with van der Waals surface area (Å²) in [6.07, 6.45) is 3.50. The first-order valence-electron chi connectivity index (χ1n) is 10.8. The van der Waals surface area contributed by atoms with Crippen LogP contribution in [0.15, 0.2) is 36.4 Å². The van der Waals surface area contributed by atoms with Crippen LogP contribution in [-0.4, -0.2) is 39.1 Å². The number of carbonyl (C=O) groups excluding carboxylic acids is 1. The van der Waals surface area contributed by atoms with E-state index in [0.29, 0.717) is 22.6 Å². The van der Waals surface area contributed by atoms with E-state index in [2.05, 4.69) is 27.9 Å². The number of halogens is 1. The Bertz CT molecular complexity index is 1290. The molecule has 1 aliphatic heterocycles. The van der Waals surface area contributed by atoms with E-state index in [1.54, 1.807) is 0 Å². The molecule has 1 saturated heterocycles. The molecule has 1 fully saturated rings. The minimum Gasteiger partial charge on any atom is -0.348 e. The van der Waals surface area contributed by atoms with Gasteiger partial charge in [0.2, 0.25) is 5.95 Å². The summed E-state index contributed by atoms with van der Waals surface area (Å²) < 4.78 is 2.98. The summed E-state index contributed by atoms with van der Waals surface area (Å²) in [5, 5.41) is 11.4. The molecule has 4 aromatic rings. The molecular weight excluding hydrogens is 444 g/mol. The summed E-state index contributed by atoms with van der Waals surface area (Å²) in [4.78, 5) is 22.2. The van der Waals surface area contributed by atoms with Crippen LogP contribution in [-0.2, 0) is 7.05 Å². The average molecular weight is 469 g/mol. The number of fused-ring (bicyclic) bond motifs is 2. The molecule has 0 spiro atoms. The number of nitrogens with one attached hydrogen (secondary N) is 3. The van der Waals surface area contributed by atoms with Crippen LogP contribution >= 0.6 is 22.9 Å². The van der Waals surface area contributed by atoms with Crippen molar-refractivity contribution in [1.29, 1.82) is 0 Å². The summed E-state index contributed by atoms with van der Waals surface area (Å²) in [6, 6.07) is 11.7. The standard InChI is InChI=1S/C23H25ClN6OS/c1-13(16-5-3-4-10-25-16)26-21(31)14-6-9-19-18(11-14)27-22(30(19)2)29-23-28-17-8-7-15(24)12-20(17)32-23/h6-9,11-13,16,25H,3-5,10H2,1-2H3,(H,26,31)(H,27,28,29). The van der Waals surface area contributed by atoms with Crippen LogP contribution in [0.2, 0.25) is 5.02 Å². The van der Waals surface area contributed by atoms with Crippen molar-refractivity contribution in [3.8, 4) is 0 Å². The molecule has 1 aliphatic rings. The fourth-order valence-electron chi connectivity index (χ4n) is 4.20. The Morgan fingerprint density at radius 2 is 2.09 bits per heavy atom. The molecule has 3 N–H and O–H groups in total. The van der Waals surface area contributed by atoms with Gasteiger partial charge < -0.3 is 20.5 Å². The molecule has 3 heterocycles. The highest BCUT2D eigenvalue weighted by Crippen LogP contribution is 2.31. The average Bonchev–Trinajstić information content (AvgIpc) is 3.33. The minimum atomic E-state index is -0.0741.